The lowest BCUT2D eigenvalue weighted by Gasteiger charge is -2.31. The molecule has 0 saturated carbocycles. The molecule has 2 rings (SSSR count). The molecule has 1 aromatic carbocycles. The normalized spacial score (nSPS) is 16.1. The first-order chi connectivity index (χ1) is 13.0. The van der Waals surface area contributed by atoms with Crippen LogP contribution in [0.3, 0.4) is 0 Å². The van der Waals surface area contributed by atoms with Gasteiger partial charge >= 0.3 is 6.18 Å². The van der Waals surface area contributed by atoms with Crippen LogP contribution in [0.2, 0.25) is 0 Å². The zero-order chi connectivity index (χ0) is 20.9. The largest absolute Gasteiger partial charge is 0.416 e. The molecule has 1 heterocycles. The van der Waals surface area contributed by atoms with Crippen LogP contribution in [0.5, 0.6) is 0 Å². The molecule has 1 aromatic rings. The number of piperidine rings is 1. The van der Waals surface area contributed by atoms with Gasteiger partial charge in [-0.1, -0.05) is 6.07 Å². The maximum Gasteiger partial charge on any atom is 0.416 e. The fourth-order valence-electron chi connectivity index (χ4n) is 2.90. The number of amides is 2. The number of carbonyl (C=O) groups is 2. The van der Waals surface area contributed by atoms with Gasteiger partial charge in [0.15, 0.2) is 0 Å². The second-order valence-electron chi connectivity index (χ2n) is 6.40. The lowest BCUT2D eigenvalue weighted by Crippen LogP contribution is -2.46. The van der Waals surface area contributed by atoms with E-state index < -0.39 is 39.1 Å². The summed E-state index contributed by atoms with van der Waals surface area (Å²) < 4.78 is 64.7. The van der Waals surface area contributed by atoms with Gasteiger partial charge < -0.3 is 10.2 Å². The first-order valence-corrected chi connectivity index (χ1v) is 10.3. The van der Waals surface area contributed by atoms with E-state index in [9.17, 15) is 31.2 Å². The maximum absolute atomic E-state index is 12.7. The summed E-state index contributed by atoms with van der Waals surface area (Å²) >= 11 is 0. The predicted molar refractivity (Wildman–Crippen MR) is 94.6 cm³/mol. The lowest BCUT2D eigenvalue weighted by molar-refractivity contribution is -0.137. The van der Waals surface area contributed by atoms with Crippen molar-refractivity contribution in [1.82, 2.24) is 14.9 Å². The van der Waals surface area contributed by atoms with E-state index in [1.54, 1.807) is 0 Å². The number of nitrogens with zero attached hydrogens (tertiary/aromatic N) is 1. The van der Waals surface area contributed by atoms with Crippen molar-refractivity contribution in [2.45, 2.75) is 30.8 Å². The first kappa shape index (κ1) is 22.2. The molecule has 7 nitrogen and oxygen atoms in total. The topological polar surface area (TPSA) is 95.6 Å². The third-order valence-electron chi connectivity index (χ3n) is 4.45. The van der Waals surface area contributed by atoms with Gasteiger partial charge in [-0.15, -0.1) is 0 Å². The molecule has 1 fully saturated rings. The number of rotatable bonds is 6. The Hall–Kier alpha value is -2.14. The molecule has 0 spiro atoms. The molecule has 0 atom stereocenters. The van der Waals surface area contributed by atoms with Gasteiger partial charge in [0.2, 0.25) is 21.8 Å². The first-order valence-electron chi connectivity index (χ1n) is 8.77. The highest BCUT2D eigenvalue weighted by molar-refractivity contribution is 7.89. The van der Waals surface area contributed by atoms with Crippen LogP contribution in [0.15, 0.2) is 29.2 Å². The van der Waals surface area contributed by atoms with Crippen molar-refractivity contribution in [3.05, 3.63) is 29.8 Å². The van der Waals surface area contributed by atoms with Crippen molar-refractivity contribution >= 4 is 21.8 Å². The maximum atomic E-state index is 12.7. The van der Waals surface area contributed by atoms with Gasteiger partial charge in [0.05, 0.1) is 17.0 Å². The molecule has 156 valence electrons. The van der Waals surface area contributed by atoms with Gasteiger partial charge in [0, 0.05) is 25.6 Å². The summed E-state index contributed by atoms with van der Waals surface area (Å²) in [6, 6.07) is 3.30. The van der Waals surface area contributed by atoms with Crippen LogP contribution in [-0.2, 0) is 25.8 Å². The molecule has 2 N–H and O–H groups in total. The number of halogens is 3. The SMILES string of the molecule is CCNC(=O)C1CCN(C(=O)CNS(=O)(=O)c2cccc(C(F)(F)F)c2)CC1. The van der Waals surface area contributed by atoms with Crippen LogP contribution >= 0.6 is 0 Å². The summed E-state index contributed by atoms with van der Waals surface area (Å²) in [6.07, 6.45) is -3.73. The van der Waals surface area contributed by atoms with Gasteiger partial charge in [0.25, 0.3) is 0 Å². The second kappa shape index (κ2) is 8.91. The van der Waals surface area contributed by atoms with Crippen molar-refractivity contribution in [2.24, 2.45) is 5.92 Å². The predicted octanol–water partition coefficient (Wildman–Crippen LogP) is 1.36. The highest BCUT2D eigenvalue weighted by atomic mass is 32.2. The van der Waals surface area contributed by atoms with Gasteiger partial charge in [-0.2, -0.15) is 13.2 Å². The van der Waals surface area contributed by atoms with Crippen LogP contribution in [0.4, 0.5) is 13.2 Å². The third kappa shape index (κ3) is 5.68. The Kier molecular flexibility index (Phi) is 7.05. The molecule has 0 radical (unpaired) electrons. The van der Waals surface area contributed by atoms with E-state index in [1.165, 1.54) is 4.90 Å². The molecule has 0 aromatic heterocycles. The Bertz CT molecular complexity index is 819. The minimum atomic E-state index is -4.67. The molecule has 11 heteroatoms. The standard InChI is InChI=1S/C17H22F3N3O4S/c1-2-21-16(25)12-6-8-23(9-7-12)15(24)11-22-28(26,27)14-5-3-4-13(10-14)17(18,19)20/h3-5,10,12,22H,2,6-9,11H2,1H3,(H,21,25). The number of likely N-dealkylation sites (tertiary alicyclic amines) is 1. The van der Waals surface area contributed by atoms with Gasteiger partial charge in [-0.3, -0.25) is 9.59 Å². The Morgan fingerprint density at radius 2 is 1.86 bits per heavy atom. The Morgan fingerprint density at radius 3 is 2.43 bits per heavy atom. The number of sulfonamides is 1. The average molecular weight is 421 g/mol. The fraction of sp³-hybridized carbons (Fsp3) is 0.529. The van der Waals surface area contributed by atoms with Crippen LogP contribution in [0.1, 0.15) is 25.3 Å². The molecule has 1 aliphatic heterocycles. The summed E-state index contributed by atoms with van der Waals surface area (Å²) in [6.45, 7) is 2.39. The molecular formula is C17H22F3N3O4S. The van der Waals surface area contributed by atoms with Crippen molar-refractivity contribution in [2.75, 3.05) is 26.2 Å². The smallest absolute Gasteiger partial charge is 0.356 e. The molecule has 0 aliphatic carbocycles. The molecule has 0 bridgehead atoms. The molecule has 28 heavy (non-hydrogen) atoms. The monoisotopic (exact) mass is 421 g/mol. The summed E-state index contributed by atoms with van der Waals surface area (Å²) in [7, 11) is -4.27. The highest BCUT2D eigenvalue weighted by Crippen LogP contribution is 2.30. The highest BCUT2D eigenvalue weighted by Gasteiger charge is 2.32. The van der Waals surface area contributed by atoms with Crippen LogP contribution in [0.25, 0.3) is 0 Å². The van der Waals surface area contributed by atoms with Crippen LogP contribution < -0.4 is 10.0 Å². The number of nitrogens with one attached hydrogen (secondary N) is 2. The Labute approximate surface area is 161 Å². The zero-order valence-corrected chi connectivity index (χ0v) is 16.1. The van der Waals surface area contributed by atoms with Crippen molar-refractivity contribution in [1.29, 1.82) is 0 Å². The summed E-state index contributed by atoms with van der Waals surface area (Å²) in [5.41, 5.74) is -1.09. The average Bonchev–Trinajstić information content (AvgIpc) is 2.66. The molecule has 2 amide bonds. The summed E-state index contributed by atoms with van der Waals surface area (Å²) in [4.78, 5) is 24.9. The number of hydrogen-bond acceptors (Lipinski definition) is 4. The quantitative estimate of drug-likeness (QED) is 0.725. The van der Waals surface area contributed by atoms with Gasteiger partial charge in [0.1, 0.15) is 0 Å². The Balaban J connectivity index is 1.93. The van der Waals surface area contributed by atoms with Crippen molar-refractivity contribution < 1.29 is 31.2 Å². The molecule has 1 saturated heterocycles. The zero-order valence-electron chi connectivity index (χ0n) is 15.3. The van der Waals surface area contributed by atoms with E-state index in [-0.39, 0.29) is 11.8 Å². The van der Waals surface area contributed by atoms with E-state index in [1.807, 2.05) is 11.6 Å². The number of hydrogen-bond donors (Lipinski definition) is 2. The van der Waals surface area contributed by atoms with Crippen molar-refractivity contribution in [3.8, 4) is 0 Å². The summed E-state index contributed by atoms with van der Waals surface area (Å²) in [5.74, 6) is -0.754. The fourth-order valence-corrected chi connectivity index (χ4v) is 3.92. The number of carbonyl (C=O) groups excluding carboxylic acids is 2. The van der Waals surface area contributed by atoms with Gasteiger partial charge in [-0.25, -0.2) is 13.1 Å². The molecule has 0 unspecified atom stereocenters. The molecule has 1 aliphatic rings. The minimum absolute atomic E-state index is 0.0696. The third-order valence-corrected chi connectivity index (χ3v) is 5.85. The van der Waals surface area contributed by atoms with Gasteiger partial charge in [-0.05, 0) is 38.0 Å². The van der Waals surface area contributed by atoms with Crippen molar-refractivity contribution in [3.63, 3.8) is 0 Å². The summed E-state index contributed by atoms with van der Waals surface area (Å²) in [5, 5.41) is 2.72. The van der Waals surface area contributed by atoms with E-state index in [2.05, 4.69) is 5.32 Å². The van der Waals surface area contributed by atoms with Crippen LogP contribution in [-0.4, -0.2) is 51.3 Å². The second-order valence-corrected chi connectivity index (χ2v) is 8.17. The van der Waals surface area contributed by atoms with E-state index in [0.717, 1.165) is 18.2 Å². The van der Waals surface area contributed by atoms with E-state index >= 15 is 0 Å². The number of benzene rings is 1. The van der Waals surface area contributed by atoms with E-state index in [0.29, 0.717) is 38.5 Å². The van der Waals surface area contributed by atoms with Crippen LogP contribution in [0, 0.1) is 5.92 Å². The lowest BCUT2D eigenvalue weighted by atomic mass is 9.96. The Morgan fingerprint density at radius 1 is 1.21 bits per heavy atom. The minimum Gasteiger partial charge on any atom is -0.356 e. The van der Waals surface area contributed by atoms with E-state index in [4.69, 9.17) is 0 Å². The number of alkyl halides is 3. The molecular weight excluding hydrogens is 399 g/mol.